The van der Waals surface area contributed by atoms with E-state index in [2.05, 4.69) is 14.8 Å². The molecule has 3 rings (SSSR count). The van der Waals surface area contributed by atoms with E-state index in [9.17, 15) is 13.6 Å². The van der Waals surface area contributed by atoms with Crippen molar-refractivity contribution in [2.45, 2.75) is 27.0 Å². The number of aryl methyl sites for hydroxylation is 2. The summed E-state index contributed by atoms with van der Waals surface area (Å²) in [6, 6.07) is 11.3. The first kappa shape index (κ1) is 20.7. The number of halogens is 3. The fourth-order valence-electron chi connectivity index (χ4n) is 2.86. The summed E-state index contributed by atoms with van der Waals surface area (Å²) in [6.45, 7) is 1.13. The van der Waals surface area contributed by atoms with Gasteiger partial charge in [0.25, 0.3) is 5.91 Å². The molecule has 6 nitrogen and oxygen atoms in total. The molecule has 0 unspecified atom stereocenters. The van der Waals surface area contributed by atoms with Crippen LogP contribution in [0.2, 0.25) is 5.02 Å². The molecule has 0 bridgehead atoms. The molecule has 3 aromatic rings. The fourth-order valence-corrected chi connectivity index (χ4v) is 3.05. The number of carbonyl (C=O) groups excluding carboxylic acids is 1. The van der Waals surface area contributed by atoms with E-state index in [0.29, 0.717) is 5.82 Å². The molecule has 0 fully saturated rings. The molecule has 0 saturated carbocycles. The van der Waals surface area contributed by atoms with Gasteiger partial charge in [-0.15, -0.1) is 0 Å². The third kappa shape index (κ3) is 4.89. The minimum absolute atomic E-state index is 0.0556. The molecule has 1 amide bonds. The van der Waals surface area contributed by atoms with Crippen LogP contribution < -0.4 is 4.74 Å². The lowest BCUT2D eigenvalue weighted by molar-refractivity contribution is -0.0498. The lowest BCUT2D eigenvalue weighted by Gasteiger charge is -2.18. The van der Waals surface area contributed by atoms with E-state index in [1.165, 1.54) is 17.0 Å². The van der Waals surface area contributed by atoms with Crippen molar-refractivity contribution in [3.63, 3.8) is 0 Å². The summed E-state index contributed by atoms with van der Waals surface area (Å²) >= 11 is 6.21. The van der Waals surface area contributed by atoms with Crippen LogP contribution in [0.25, 0.3) is 5.82 Å². The SMILES string of the molecule is Cc1cc(C)n(-c2ccc(Cl)c(C(=O)N(C)Cc3ccc(OC(F)F)cc3)n2)n1. The second kappa shape index (κ2) is 8.57. The van der Waals surface area contributed by atoms with E-state index in [-0.39, 0.29) is 28.9 Å². The number of nitrogens with zero attached hydrogens (tertiary/aromatic N) is 4. The standard InChI is InChI=1S/C20H19ClF2N4O2/c1-12-10-13(2)27(25-12)17-9-8-16(21)18(24-17)19(28)26(3)11-14-4-6-15(7-5-14)29-20(22)23/h4-10,20H,11H2,1-3H3. The summed E-state index contributed by atoms with van der Waals surface area (Å²) in [6.07, 6.45) is 0. The van der Waals surface area contributed by atoms with Gasteiger partial charge in [-0.1, -0.05) is 23.7 Å². The third-order valence-corrected chi connectivity index (χ3v) is 4.48. The van der Waals surface area contributed by atoms with Gasteiger partial charge in [0.05, 0.1) is 10.7 Å². The van der Waals surface area contributed by atoms with Crippen molar-refractivity contribution < 1.29 is 18.3 Å². The van der Waals surface area contributed by atoms with Gasteiger partial charge in [0, 0.05) is 19.3 Å². The summed E-state index contributed by atoms with van der Waals surface area (Å²) in [4.78, 5) is 18.7. The molecule has 0 aliphatic rings. The van der Waals surface area contributed by atoms with E-state index in [1.54, 1.807) is 36.0 Å². The first-order chi connectivity index (χ1) is 13.7. The monoisotopic (exact) mass is 420 g/mol. The molecule has 0 aliphatic carbocycles. The van der Waals surface area contributed by atoms with Gasteiger partial charge in [-0.3, -0.25) is 4.79 Å². The second-order valence-electron chi connectivity index (χ2n) is 6.52. The quantitative estimate of drug-likeness (QED) is 0.592. The van der Waals surface area contributed by atoms with Crippen molar-refractivity contribution in [3.8, 4) is 11.6 Å². The van der Waals surface area contributed by atoms with Gasteiger partial charge in [0.1, 0.15) is 11.4 Å². The Kier molecular flexibility index (Phi) is 6.12. The normalized spacial score (nSPS) is 11.0. The van der Waals surface area contributed by atoms with Crippen LogP contribution in [-0.4, -0.2) is 39.2 Å². The van der Waals surface area contributed by atoms with Crippen LogP contribution in [0.5, 0.6) is 5.75 Å². The van der Waals surface area contributed by atoms with Crippen LogP contribution in [0.3, 0.4) is 0 Å². The summed E-state index contributed by atoms with van der Waals surface area (Å²) in [7, 11) is 1.61. The number of benzene rings is 1. The Bertz CT molecular complexity index is 1020. The third-order valence-electron chi connectivity index (χ3n) is 4.18. The molecule has 29 heavy (non-hydrogen) atoms. The van der Waals surface area contributed by atoms with Crippen molar-refractivity contribution in [1.82, 2.24) is 19.7 Å². The Morgan fingerprint density at radius 1 is 1.21 bits per heavy atom. The highest BCUT2D eigenvalue weighted by Gasteiger charge is 2.19. The number of hydrogen-bond donors (Lipinski definition) is 0. The Hall–Kier alpha value is -3.00. The van der Waals surface area contributed by atoms with Gasteiger partial charge in [-0.25, -0.2) is 9.67 Å². The van der Waals surface area contributed by atoms with Gasteiger partial charge in [-0.2, -0.15) is 13.9 Å². The maximum Gasteiger partial charge on any atom is 0.387 e. The maximum atomic E-state index is 12.9. The molecular formula is C20H19ClF2N4O2. The van der Waals surface area contributed by atoms with Crippen LogP contribution in [0.1, 0.15) is 27.4 Å². The molecule has 2 aromatic heterocycles. The molecule has 0 radical (unpaired) electrons. The highest BCUT2D eigenvalue weighted by atomic mass is 35.5. The van der Waals surface area contributed by atoms with Crippen LogP contribution in [0.15, 0.2) is 42.5 Å². The Morgan fingerprint density at radius 3 is 2.48 bits per heavy atom. The molecule has 0 aliphatic heterocycles. The molecule has 0 N–H and O–H groups in total. The molecule has 0 atom stereocenters. The predicted octanol–water partition coefficient (Wildman–Crippen LogP) is 4.41. The first-order valence-electron chi connectivity index (χ1n) is 8.74. The summed E-state index contributed by atoms with van der Waals surface area (Å²) in [5.74, 6) is 0.177. The summed E-state index contributed by atoms with van der Waals surface area (Å²) in [5, 5.41) is 4.60. The Balaban J connectivity index is 1.78. The molecule has 9 heteroatoms. The number of pyridine rings is 1. The van der Waals surface area contributed by atoms with Crippen LogP contribution in [0.4, 0.5) is 8.78 Å². The van der Waals surface area contributed by atoms with Gasteiger partial charge in [0.2, 0.25) is 0 Å². The van der Waals surface area contributed by atoms with E-state index in [0.717, 1.165) is 17.0 Å². The van der Waals surface area contributed by atoms with Gasteiger partial charge in [0.15, 0.2) is 5.82 Å². The number of amides is 1. The van der Waals surface area contributed by atoms with E-state index in [1.807, 2.05) is 19.9 Å². The van der Waals surface area contributed by atoms with Crippen molar-refractivity contribution in [1.29, 1.82) is 0 Å². The smallest absolute Gasteiger partial charge is 0.387 e. The predicted molar refractivity (Wildman–Crippen MR) is 105 cm³/mol. The number of aromatic nitrogens is 3. The highest BCUT2D eigenvalue weighted by Crippen LogP contribution is 2.21. The number of carbonyl (C=O) groups is 1. The Morgan fingerprint density at radius 2 is 1.90 bits per heavy atom. The number of alkyl halides is 2. The molecule has 0 saturated heterocycles. The van der Waals surface area contributed by atoms with Gasteiger partial charge >= 0.3 is 6.61 Å². The topological polar surface area (TPSA) is 60.2 Å². The average Bonchev–Trinajstić information content (AvgIpc) is 3.01. The van der Waals surface area contributed by atoms with Crippen molar-refractivity contribution >= 4 is 17.5 Å². The zero-order chi connectivity index (χ0) is 21.1. The van der Waals surface area contributed by atoms with E-state index in [4.69, 9.17) is 11.6 Å². The molecule has 1 aromatic carbocycles. The van der Waals surface area contributed by atoms with Crippen molar-refractivity contribution in [2.24, 2.45) is 0 Å². The summed E-state index contributed by atoms with van der Waals surface area (Å²) in [5.41, 5.74) is 2.57. The number of rotatable bonds is 6. The molecule has 152 valence electrons. The van der Waals surface area contributed by atoms with E-state index >= 15 is 0 Å². The average molecular weight is 421 g/mol. The number of ether oxygens (including phenoxy) is 1. The van der Waals surface area contributed by atoms with Crippen LogP contribution >= 0.6 is 11.6 Å². The lowest BCUT2D eigenvalue weighted by atomic mass is 10.2. The highest BCUT2D eigenvalue weighted by molar-refractivity contribution is 6.33. The second-order valence-corrected chi connectivity index (χ2v) is 6.93. The van der Waals surface area contributed by atoms with E-state index < -0.39 is 6.61 Å². The molecule has 0 spiro atoms. The van der Waals surface area contributed by atoms with Crippen molar-refractivity contribution in [2.75, 3.05) is 7.05 Å². The fraction of sp³-hybridized carbons (Fsp3) is 0.250. The molecule has 2 heterocycles. The van der Waals surface area contributed by atoms with Crippen LogP contribution in [0, 0.1) is 13.8 Å². The maximum absolute atomic E-state index is 12.9. The summed E-state index contributed by atoms with van der Waals surface area (Å²) < 4.78 is 30.5. The Labute approximate surface area is 171 Å². The minimum Gasteiger partial charge on any atom is -0.435 e. The molecular weight excluding hydrogens is 402 g/mol. The zero-order valence-electron chi connectivity index (χ0n) is 16.1. The minimum atomic E-state index is -2.88. The van der Waals surface area contributed by atoms with Gasteiger partial charge < -0.3 is 9.64 Å². The number of hydrogen-bond acceptors (Lipinski definition) is 4. The zero-order valence-corrected chi connectivity index (χ0v) is 16.8. The van der Waals surface area contributed by atoms with Gasteiger partial charge in [-0.05, 0) is 49.7 Å². The van der Waals surface area contributed by atoms with Crippen molar-refractivity contribution in [3.05, 3.63) is 70.1 Å². The van der Waals surface area contributed by atoms with Crippen LogP contribution in [-0.2, 0) is 6.54 Å². The first-order valence-corrected chi connectivity index (χ1v) is 9.12. The lowest BCUT2D eigenvalue weighted by Crippen LogP contribution is -2.27. The largest absolute Gasteiger partial charge is 0.435 e.